The molecule has 0 spiro atoms. The predicted octanol–water partition coefficient (Wildman–Crippen LogP) is 3.13. The molecule has 0 saturated carbocycles. The van der Waals surface area contributed by atoms with E-state index in [2.05, 4.69) is 33.4 Å². The van der Waals surface area contributed by atoms with Crippen molar-refractivity contribution in [2.24, 2.45) is 5.10 Å². The summed E-state index contributed by atoms with van der Waals surface area (Å²) in [5.41, 5.74) is 3.53. The maximum Gasteiger partial charge on any atom is 0.277 e. The van der Waals surface area contributed by atoms with Gasteiger partial charge in [-0.2, -0.15) is 5.10 Å². The van der Waals surface area contributed by atoms with E-state index >= 15 is 0 Å². The van der Waals surface area contributed by atoms with Gasteiger partial charge in [0.25, 0.3) is 5.91 Å². The van der Waals surface area contributed by atoms with Gasteiger partial charge in [-0.25, -0.2) is 5.43 Å². The van der Waals surface area contributed by atoms with Crippen molar-refractivity contribution in [3.8, 4) is 5.75 Å². The molecule has 0 unspecified atom stereocenters. The van der Waals surface area contributed by atoms with Gasteiger partial charge in [-0.1, -0.05) is 19.1 Å². The van der Waals surface area contributed by atoms with E-state index in [0.29, 0.717) is 16.2 Å². The van der Waals surface area contributed by atoms with Crippen molar-refractivity contribution >= 4 is 28.1 Å². The summed E-state index contributed by atoms with van der Waals surface area (Å²) in [7, 11) is 0. The fourth-order valence-electron chi connectivity index (χ4n) is 1.60. The molecule has 110 valence electrons. The summed E-state index contributed by atoms with van der Waals surface area (Å²) in [5, 5.41) is 3.78. The number of carbonyl (C=O) groups excluding carboxylic acids is 1. The first kappa shape index (κ1) is 15.3. The fourth-order valence-corrected chi connectivity index (χ4v) is 1.92. The minimum atomic E-state index is -0.334. The van der Waals surface area contributed by atoms with Gasteiger partial charge in [0.05, 0.1) is 6.21 Å². The Balaban J connectivity index is 1.78. The number of carbonyl (C=O) groups is 1. The van der Waals surface area contributed by atoms with Crippen molar-refractivity contribution in [2.75, 3.05) is 6.61 Å². The van der Waals surface area contributed by atoms with Gasteiger partial charge in [-0.05, 0) is 52.2 Å². The Morgan fingerprint density at radius 2 is 2.29 bits per heavy atom. The van der Waals surface area contributed by atoms with E-state index in [1.807, 2.05) is 24.3 Å². The van der Waals surface area contributed by atoms with Crippen LogP contribution in [0, 0.1) is 0 Å². The summed E-state index contributed by atoms with van der Waals surface area (Å²) < 4.78 is 11.2. The second-order valence-corrected chi connectivity index (χ2v) is 5.01. The van der Waals surface area contributed by atoms with Crippen molar-refractivity contribution in [3.63, 3.8) is 0 Å². The Labute approximate surface area is 131 Å². The molecule has 0 aliphatic rings. The van der Waals surface area contributed by atoms with Gasteiger partial charge in [0, 0.05) is 0 Å². The van der Waals surface area contributed by atoms with E-state index in [1.54, 1.807) is 12.1 Å². The molecule has 0 saturated heterocycles. The quantitative estimate of drug-likeness (QED) is 0.642. The Bertz CT molecular complexity index is 637. The molecule has 0 atom stereocenters. The van der Waals surface area contributed by atoms with Gasteiger partial charge < -0.3 is 9.15 Å². The molecule has 0 aliphatic heterocycles. The highest BCUT2D eigenvalue weighted by Crippen LogP contribution is 2.13. The predicted molar refractivity (Wildman–Crippen MR) is 83.5 cm³/mol. The first-order chi connectivity index (χ1) is 10.2. The summed E-state index contributed by atoms with van der Waals surface area (Å²) in [6.45, 7) is 1.97. The Morgan fingerprint density at radius 1 is 1.43 bits per heavy atom. The summed E-state index contributed by atoms with van der Waals surface area (Å²) in [6.07, 6.45) is 2.34. The number of hydrogen-bond acceptors (Lipinski definition) is 4. The molecule has 5 nitrogen and oxygen atoms in total. The molecule has 2 rings (SSSR count). The monoisotopic (exact) mass is 350 g/mol. The Morgan fingerprint density at radius 3 is 3.00 bits per heavy atom. The number of furan rings is 1. The van der Waals surface area contributed by atoms with Crippen LogP contribution in [0.3, 0.4) is 0 Å². The molecule has 21 heavy (non-hydrogen) atoms. The molecule has 6 heteroatoms. The molecule has 0 bridgehead atoms. The number of aryl methyl sites for hydroxylation is 1. The van der Waals surface area contributed by atoms with Crippen LogP contribution in [0.1, 0.15) is 18.2 Å². The second-order valence-electron chi connectivity index (χ2n) is 4.22. The van der Waals surface area contributed by atoms with Crippen molar-refractivity contribution < 1.29 is 13.9 Å². The number of halogens is 1. The van der Waals surface area contributed by atoms with Gasteiger partial charge in [0.1, 0.15) is 11.5 Å². The van der Waals surface area contributed by atoms with E-state index in [1.165, 1.54) is 6.21 Å². The minimum absolute atomic E-state index is 0.0909. The summed E-state index contributed by atoms with van der Waals surface area (Å²) in [6, 6.07) is 11.1. The normalized spacial score (nSPS) is 10.8. The molecule has 1 N–H and O–H groups in total. The highest BCUT2D eigenvalue weighted by atomic mass is 79.9. The Kier molecular flexibility index (Phi) is 5.57. The van der Waals surface area contributed by atoms with Crippen LogP contribution in [0.15, 0.2) is 50.6 Å². The zero-order valence-corrected chi connectivity index (χ0v) is 13.1. The zero-order chi connectivity index (χ0) is 15.1. The number of rotatable bonds is 6. The van der Waals surface area contributed by atoms with E-state index in [4.69, 9.17) is 9.15 Å². The first-order valence-electron chi connectivity index (χ1n) is 6.46. The average Bonchev–Trinajstić information content (AvgIpc) is 2.91. The number of benzene rings is 1. The lowest BCUT2D eigenvalue weighted by atomic mass is 10.2. The van der Waals surface area contributed by atoms with Gasteiger partial charge in [-0.3, -0.25) is 4.79 Å². The Hall–Kier alpha value is -2.08. The standard InChI is InChI=1S/C15H15BrN2O3/c1-2-11-4-3-5-12(8-11)20-10-15(19)18-17-9-13-6-7-14(16)21-13/h3-9H,2,10H2,1H3,(H,18,19). The lowest BCUT2D eigenvalue weighted by molar-refractivity contribution is -0.123. The van der Waals surface area contributed by atoms with E-state index in [0.717, 1.165) is 12.0 Å². The lowest BCUT2D eigenvalue weighted by Crippen LogP contribution is -2.24. The SMILES string of the molecule is CCc1cccc(OCC(=O)NN=Cc2ccc(Br)o2)c1. The molecule has 1 aromatic carbocycles. The van der Waals surface area contributed by atoms with E-state index in [9.17, 15) is 4.79 Å². The maximum atomic E-state index is 11.6. The van der Waals surface area contributed by atoms with Crippen molar-refractivity contribution in [1.82, 2.24) is 5.43 Å². The smallest absolute Gasteiger partial charge is 0.277 e. The van der Waals surface area contributed by atoms with E-state index in [-0.39, 0.29) is 12.5 Å². The van der Waals surface area contributed by atoms with Crippen LogP contribution in [0.25, 0.3) is 0 Å². The summed E-state index contributed by atoms with van der Waals surface area (Å²) in [5.74, 6) is 0.876. The van der Waals surface area contributed by atoms with Gasteiger partial charge in [0.2, 0.25) is 0 Å². The van der Waals surface area contributed by atoms with Gasteiger partial charge in [-0.15, -0.1) is 0 Å². The molecular formula is C15H15BrN2O3. The van der Waals surface area contributed by atoms with Crippen molar-refractivity contribution in [3.05, 3.63) is 52.4 Å². The number of hydrogen-bond donors (Lipinski definition) is 1. The average molecular weight is 351 g/mol. The van der Waals surface area contributed by atoms with Crippen LogP contribution in [0.2, 0.25) is 0 Å². The van der Waals surface area contributed by atoms with Crippen LogP contribution < -0.4 is 10.2 Å². The largest absolute Gasteiger partial charge is 0.484 e. The molecule has 0 aliphatic carbocycles. The number of hydrazone groups is 1. The van der Waals surface area contributed by atoms with Crippen LogP contribution in [0.5, 0.6) is 5.75 Å². The van der Waals surface area contributed by atoms with Crippen molar-refractivity contribution in [2.45, 2.75) is 13.3 Å². The highest BCUT2D eigenvalue weighted by Gasteiger charge is 2.02. The van der Waals surface area contributed by atoms with Crippen molar-refractivity contribution in [1.29, 1.82) is 0 Å². The third-order valence-corrected chi connectivity index (χ3v) is 3.08. The van der Waals surface area contributed by atoms with Crippen LogP contribution in [0.4, 0.5) is 0 Å². The maximum absolute atomic E-state index is 11.6. The zero-order valence-electron chi connectivity index (χ0n) is 11.5. The molecule has 0 fully saturated rings. The molecular weight excluding hydrogens is 336 g/mol. The summed E-state index contributed by atoms with van der Waals surface area (Å²) >= 11 is 3.18. The summed E-state index contributed by atoms with van der Waals surface area (Å²) in [4.78, 5) is 11.6. The minimum Gasteiger partial charge on any atom is -0.484 e. The number of nitrogens with zero attached hydrogens (tertiary/aromatic N) is 1. The van der Waals surface area contributed by atoms with Gasteiger partial charge in [0.15, 0.2) is 11.3 Å². The van der Waals surface area contributed by atoms with Crippen LogP contribution >= 0.6 is 15.9 Å². The van der Waals surface area contributed by atoms with Crippen LogP contribution in [-0.4, -0.2) is 18.7 Å². The molecule has 1 aromatic heterocycles. The third-order valence-electron chi connectivity index (χ3n) is 2.65. The fraction of sp³-hybridized carbons (Fsp3) is 0.200. The number of amides is 1. The topological polar surface area (TPSA) is 63.8 Å². The first-order valence-corrected chi connectivity index (χ1v) is 7.25. The van der Waals surface area contributed by atoms with Crippen LogP contribution in [-0.2, 0) is 11.2 Å². The second kappa shape index (κ2) is 7.64. The third kappa shape index (κ3) is 5.07. The van der Waals surface area contributed by atoms with Gasteiger partial charge >= 0.3 is 0 Å². The molecule has 1 amide bonds. The number of ether oxygens (including phenoxy) is 1. The number of nitrogens with one attached hydrogen (secondary N) is 1. The molecule has 0 radical (unpaired) electrons. The molecule has 1 heterocycles. The molecule has 2 aromatic rings. The lowest BCUT2D eigenvalue weighted by Gasteiger charge is -2.06. The van der Waals surface area contributed by atoms with E-state index < -0.39 is 0 Å². The highest BCUT2D eigenvalue weighted by molar-refractivity contribution is 9.10.